The van der Waals surface area contributed by atoms with Crippen LogP contribution in [-0.2, 0) is 10.1 Å². The Morgan fingerprint density at radius 1 is 1.12 bits per heavy atom. The van der Waals surface area contributed by atoms with Crippen LogP contribution < -0.4 is 0 Å². The molecule has 4 heteroatoms. The summed E-state index contributed by atoms with van der Waals surface area (Å²) in [7, 11) is -4.21. The first-order valence-corrected chi connectivity index (χ1v) is 6.10. The molecular formula is C12H10O3S. The zero-order valence-electron chi connectivity index (χ0n) is 8.42. The fourth-order valence-electron chi connectivity index (χ4n) is 1.72. The van der Waals surface area contributed by atoms with Gasteiger partial charge in [-0.05, 0) is 17.0 Å². The molecule has 0 fully saturated rings. The summed E-state index contributed by atoms with van der Waals surface area (Å²) in [4.78, 5) is -0.0829. The molecule has 0 heterocycles. The maximum Gasteiger partial charge on any atom is 0.295 e. The van der Waals surface area contributed by atoms with Gasteiger partial charge in [-0.1, -0.05) is 43.0 Å². The van der Waals surface area contributed by atoms with Crippen molar-refractivity contribution in [3.8, 4) is 0 Å². The number of benzene rings is 2. The SMILES string of the molecule is C=Cc1cccc2cccc(S(=O)(=O)O)c12. The van der Waals surface area contributed by atoms with E-state index in [1.165, 1.54) is 6.07 Å². The Morgan fingerprint density at radius 2 is 1.75 bits per heavy atom. The molecule has 1 N–H and O–H groups in total. The lowest BCUT2D eigenvalue weighted by Crippen LogP contribution is -1.99. The van der Waals surface area contributed by atoms with Crippen LogP contribution in [0.4, 0.5) is 0 Å². The van der Waals surface area contributed by atoms with Gasteiger partial charge in [0.25, 0.3) is 10.1 Å². The van der Waals surface area contributed by atoms with E-state index in [9.17, 15) is 8.42 Å². The summed E-state index contributed by atoms with van der Waals surface area (Å²) in [5.41, 5.74) is 0.686. The highest BCUT2D eigenvalue weighted by Crippen LogP contribution is 2.26. The fraction of sp³-hybridized carbons (Fsp3) is 0. The molecule has 0 aromatic heterocycles. The van der Waals surface area contributed by atoms with Gasteiger partial charge in [-0.3, -0.25) is 4.55 Å². The molecule has 2 rings (SSSR count). The van der Waals surface area contributed by atoms with Gasteiger partial charge in [-0.25, -0.2) is 0 Å². The monoisotopic (exact) mass is 234 g/mol. The first-order chi connectivity index (χ1) is 7.54. The maximum atomic E-state index is 11.2. The van der Waals surface area contributed by atoms with Gasteiger partial charge in [0, 0.05) is 5.39 Å². The van der Waals surface area contributed by atoms with Crippen LogP contribution >= 0.6 is 0 Å². The van der Waals surface area contributed by atoms with Crippen LogP contribution in [0.3, 0.4) is 0 Å². The van der Waals surface area contributed by atoms with E-state index < -0.39 is 10.1 Å². The second kappa shape index (κ2) is 3.73. The first kappa shape index (κ1) is 10.9. The Kier molecular flexibility index (Phi) is 2.53. The van der Waals surface area contributed by atoms with Gasteiger partial charge in [0.2, 0.25) is 0 Å². The lowest BCUT2D eigenvalue weighted by Gasteiger charge is -2.06. The summed E-state index contributed by atoms with van der Waals surface area (Å²) in [6.45, 7) is 3.63. The predicted molar refractivity (Wildman–Crippen MR) is 63.9 cm³/mol. The van der Waals surface area contributed by atoms with Crippen LogP contribution in [-0.4, -0.2) is 13.0 Å². The van der Waals surface area contributed by atoms with E-state index in [-0.39, 0.29) is 4.90 Å². The molecule has 0 spiro atoms. The van der Waals surface area contributed by atoms with E-state index >= 15 is 0 Å². The summed E-state index contributed by atoms with van der Waals surface area (Å²) in [6.07, 6.45) is 1.57. The van der Waals surface area contributed by atoms with Gasteiger partial charge in [-0.15, -0.1) is 0 Å². The van der Waals surface area contributed by atoms with Gasteiger partial charge < -0.3 is 0 Å². The highest BCUT2D eigenvalue weighted by Gasteiger charge is 2.14. The second-order valence-electron chi connectivity index (χ2n) is 3.38. The van der Waals surface area contributed by atoms with Gasteiger partial charge >= 0.3 is 0 Å². The van der Waals surface area contributed by atoms with E-state index in [1.807, 2.05) is 6.07 Å². The van der Waals surface area contributed by atoms with Gasteiger partial charge in [0.1, 0.15) is 4.90 Å². The molecular weight excluding hydrogens is 224 g/mol. The van der Waals surface area contributed by atoms with E-state index in [4.69, 9.17) is 4.55 Å². The standard InChI is InChI=1S/C12H10O3S/c1-2-9-5-3-6-10-7-4-8-11(12(9)10)16(13,14)15/h2-8H,1H2,(H,13,14,15). The summed E-state index contributed by atoms with van der Waals surface area (Å²) < 4.78 is 31.6. The highest BCUT2D eigenvalue weighted by molar-refractivity contribution is 7.86. The van der Waals surface area contributed by atoms with Crippen molar-refractivity contribution in [2.24, 2.45) is 0 Å². The van der Waals surface area contributed by atoms with E-state index in [0.29, 0.717) is 10.9 Å². The van der Waals surface area contributed by atoms with Crippen LogP contribution in [0.5, 0.6) is 0 Å². The molecule has 16 heavy (non-hydrogen) atoms. The summed E-state index contributed by atoms with van der Waals surface area (Å²) in [5.74, 6) is 0. The zero-order valence-corrected chi connectivity index (χ0v) is 9.24. The van der Waals surface area contributed by atoms with E-state index in [0.717, 1.165) is 5.39 Å². The van der Waals surface area contributed by atoms with Crippen molar-refractivity contribution in [2.75, 3.05) is 0 Å². The van der Waals surface area contributed by atoms with Crippen molar-refractivity contribution < 1.29 is 13.0 Å². The molecule has 0 radical (unpaired) electrons. The Hall–Kier alpha value is -1.65. The predicted octanol–water partition coefficient (Wildman–Crippen LogP) is 2.73. The third kappa shape index (κ3) is 1.73. The molecule has 3 nitrogen and oxygen atoms in total. The normalized spacial score (nSPS) is 11.6. The van der Waals surface area contributed by atoms with Crippen LogP contribution in [0.2, 0.25) is 0 Å². The minimum Gasteiger partial charge on any atom is -0.282 e. The van der Waals surface area contributed by atoms with Crippen molar-refractivity contribution in [2.45, 2.75) is 4.90 Å². The van der Waals surface area contributed by atoms with Crippen LogP contribution in [0, 0.1) is 0 Å². The Balaban J connectivity index is 3.01. The maximum absolute atomic E-state index is 11.2. The zero-order chi connectivity index (χ0) is 11.8. The Bertz CT molecular complexity index is 652. The summed E-state index contributed by atoms with van der Waals surface area (Å²) in [6, 6.07) is 10.1. The Labute approximate surface area is 93.8 Å². The molecule has 0 saturated carbocycles. The van der Waals surface area contributed by atoms with Crippen molar-refractivity contribution in [3.05, 3.63) is 48.5 Å². The average Bonchev–Trinajstić information content (AvgIpc) is 2.26. The van der Waals surface area contributed by atoms with Crippen molar-refractivity contribution in [3.63, 3.8) is 0 Å². The molecule has 82 valence electrons. The summed E-state index contributed by atoms with van der Waals surface area (Å²) in [5, 5.41) is 1.26. The average molecular weight is 234 g/mol. The molecule has 0 aliphatic rings. The molecule has 2 aromatic rings. The van der Waals surface area contributed by atoms with Crippen LogP contribution in [0.25, 0.3) is 16.8 Å². The lowest BCUT2D eigenvalue weighted by atomic mass is 10.0. The molecule has 0 bridgehead atoms. The number of fused-ring (bicyclic) bond motifs is 1. The molecule has 0 unspecified atom stereocenters. The molecule has 0 aliphatic carbocycles. The third-order valence-electron chi connectivity index (χ3n) is 2.40. The fourth-order valence-corrected chi connectivity index (χ4v) is 2.46. The van der Waals surface area contributed by atoms with E-state index in [1.54, 1.807) is 30.3 Å². The highest BCUT2D eigenvalue weighted by atomic mass is 32.2. The van der Waals surface area contributed by atoms with Crippen molar-refractivity contribution >= 4 is 27.0 Å². The van der Waals surface area contributed by atoms with Crippen molar-refractivity contribution in [1.82, 2.24) is 0 Å². The lowest BCUT2D eigenvalue weighted by molar-refractivity contribution is 0.484. The Morgan fingerprint density at radius 3 is 2.31 bits per heavy atom. The van der Waals surface area contributed by atoms with Crippen LogP contribution in [0.1, 0.15) is 5.56 Å². The number of hydrogen-bond acceptors (Lipinski definition) is 2. The minimum absolute atomic E-state index is 0.0829. The van der Waals surface area contributed by atoms with E-state index in [2.05, 4.69) is 6.58 Å². The quantitative estimate of drug-likeness (QED) is 0.813. The molecule has 0 atom stereocenters. The summed E-state index contributed by atoms with van der Waals surface area (Å²) >= 11 is 0. The largest absolute Gasteiger partial charge is 0.295 e. The second-order valence-corrected chi connectivity index (χ2v) is 4.77. The van der Waals surface area contributed by atoms with Crippen LogP contribution in [0.15, 0.2) is 47.9 Å². The van der Waals surface area contributed by atoms with Gasteiger partial charge in [0.05, 0.1) is 0 Å². The molecule has 0 amide bonds. The first-order valence-electron chi connectivity index (χ1n) is 4.65. The van der Waals surface area contributed by atoms with Crippen molar-refractivity contribution in [1.29, 1.82) is 0 Å². The topological polar surface area (TPSA) is 54.4 Å². The van der Waals surface area contributed by atoms with Gasteiger partial charge in [-0.2, -0.15) is 8.42 Å². The smallest absolute Gasteiger partial charge is 0.282 e. The molecule has 2 aromatic carbocycles. The minimum atomic E-state index is -4.21. The third-order valence-corrected chi connectivity index (χ3v) is 3.29. The number of hydrogen-bond donors (Lipinski definition) is 1. The number of rotatable bonds is 2. The van der Waals surface area contributed by atoms with Gasteiger partial charge in [0.15, 0.2) is 0 Å². The molecule has 0 aliphatic heterocycles. The molecule has 0 saturated heterocycles.